The average Bonchev–Trinajstić information content (AvgIpc) is 3.12. The average molecular weight is 714 g/mol. The van der Waals surface area contributed by atoms with Gasteiger partial charge in [-0.05, 0) is 56.0 Å². The van der Waals surface area contributed by atoms with Crippen LogP contribution < -0.4 is 0 Å². The summed E-state index contributed by atoms with van der Waals surface area (Å²) in [6.45, 7) is 4.55. The topological polar surface area (TPSA) is 24.7 Å². The third kappa shape index (κ3) is 26.5. The van der Waals surface area contributed by atoms with Crippen molar-refractivity contribution in [3.63, 3.8) is 0 Å². The van der Waals surface area contributed by atoms with Gasteiger partial charge in [-0.3, -0.25) is 4.99 Å². The number of unbranched alkanes of at least 4 members (excludes halogenated alkanes) is 25. The van der Waals surface area contributed by atoms with Gasteiger partial charge in [-0.2, -0.15) is 0 Å². The summed E-state index contributed by atoms with van der Waals surface area (Å²) in [6, 6.07) is 20.6. The van der Waals surface area contributed by atoms with E-state index in [9.17, 15) is 0 Å². The maximum Gasteiger partial charge on any atom is 0.0848 e. The number of hydrogen-bond acceptors (Lipinski definition) is 2. The zero-order chi connectivity index (χ0) is 34.0. The van der Waals surface area contributed by atoms with Crippen molar-refractivity contribution in [1.29, 1.82) is 0 Å². The summed E-state index contributed by atoms with van der Waals surface area (Å²) < 4.78 is 0. The molecule has 0 unspecified atom stereocenters. The van der Waals surface area contributed by atoms with E-state index in [0.29, 0.717) is 0 Å². The van der Waals surface area contributed by atoms with Gasteiger partial charge in [0.2, 0.25) is 0 Å². The minimum atomic E-state index is 0. The first-order chi connectivity index (χ1) is 23.8. The van der Waals surface area contributed by atoms with Crippen LogP contribution in [0.4, 0.5) is 11.4 Å². The van der Waals surface area contributed by atoms with E-state index in [1.165, 1.54) is 154 Å². The molecule has 0 amide bonds. The quantitative estimate of drug-likeness (QED) is 0.0410. The molecule has 2 rings (SSSR count). The number of hydrogen-bond donors (Lipinski definition) is 0. The second-order valence-corrected chi connectivity index (χ2v) is 14.2. The Bertz CT molecular complexity index is 1060. The standard InChI is InChI=1S/C46H74N2.Ni/c1-3-5-7-8-9-10-11-12-13-14-15-16-17-18-19-20-21-22-23-24-25-26-27-28-29-36-42-46(48-44-39-34-31-35-40-44)45(41-6-4-2)47-43-37-32-30-33-38-43;/h30-40,42H,3-29,41H2,1-2H3;. The summed E-state index contributed by atoms with van der Waals surface area (Å²) >= 11 is 0. The molecule has 278 valence electrons. The van der Waals surface area contributed by atoms with Crippen LogP contribution >= 0.6 is 0 Å². The largest absolute Gasteiger partial charge is 0.251 e. The number of nitrogens with zero attached hydrogens (tertiary/aromatic N) is 2. The first-order valence-electron chi connectivity index (χ1n) is 20.8. The maximum absolute atomic E-state index is 5.04. The van der Waals surface area contributed by atoms with Crippen molar-refractivity contribution in [1.82, 2.24) is 0 Å². The van der Waals surface area contributed by atoms with Gasteiger partial charge in [0.25, 0.3) is 0 Å². The molecule has 0 heterocycles. The zero-order valence-corrected chi connectivity index (χ0v) is 32.9. The number of aliphatic imine (C=N–C) groups is 2. The fraction of sp³-hybridized carbons (Fsp3) is 0.652. The minimum Gasteiger partial charge on any atom is -0.251 e. The van der Waals surface area contributed by atoms with Crippen LogP contribution in [0.3, 0.4) is 0 Å². The Morgan fingerprint density at radius 1 is 0.429 bits per heavy atom. The van der Waals surface area contributed by atoms with Crippen molar-refractivity contribution in [3.8, 4) is 0 Å². The molecule has 0 aliphatic heterocycles. The Morgan fingerprint density at radius 3 is 1.16 bits per heavy atom. The van der Waals surface area contributed by atoms with Gasteiger partial charge in [0, 0.05) is 16.5 Å². The molecular formula is C46H74N2Ni. The maximum atomic E-state index is 5.04. The molecule has 2 aromatic rings. The van der Waals surface area contributed by atoms with Gasteiger partial charge >= 0.3 is 0 Å². The molecule has 0 fully saturated rings. The molecular weight excluding hydrogens is 639 g/mol. The Hall–Kier alpha value is -1.99. The Balaban J connectivity index is 0.0000120. The predicted molar refractivity (Wildman–Crippen MR) is 217 cm³/mol. The van der Waals surface area contributed by atoms with Crippen LogP contribution in [0.2, 0.25) is 0 Å². The Labute approximate surface area is 314 Å². The molecule has 0 atom stereocenters. The van der Waals surface area contributed by atoms with E-state index in [0.717, 1.165) is 48.5 Å². The smallest absolute Gasteiger partial charge is 0.0848 e. The summed E-state index contributed by atoms with van der Waals surface area (Å²) in [5.41, 5.74) is 4.08. The summed E-state index contributed by atoms with van der Waals surface area (Å²) in [6.07, 6.45) is 43.3. The molecule has 2 nitrogen and oxygen atoms in total. The number of para-hydroxylation sites is 2. The van der Waals surface area contributed by atoms with E-state index in [2.05, 4.69) is 74.5 Å². The molecule has 0 saturated carbocycles. The number of benzene rings is 2. The first kappa shape index (κ1) is 45.0. The van der Waals surface area contributed by atoms with Crippen LogP contribution in [-0.4, -0.2) is 11.4 Å². The van der Waals surface area contributed by atoms with Crippen LogP contribution in [-0.2, 0) is 16.5 Å². The second kappa shape index (κ2) is 34.5. The number of allylic oxidation sites excluding steroid dienone is 2. The molecule has 49 heavy (non-hydrogen) atoms. The van der Waals surface area contributed by atoms with Crippen LogP contribution in [0.1, 0.15) is 194 Å². The fourth-order valence-electron chi connectivity index (χ4n) is 6.50. The van der Waals surface area contributed by atoms with Gasteiger partial charge in [-0.25, -0.2) is 4.99 Å². The van der Waals surface area contributed by atoms with Gasteiger partial charge in [-0.15, -0.1) is 0 Å². The fourth-order valence-corrected chi connectivity index (χ4v) is 6.50. The molecule has 0 aliphatic carbocycles. The minimum absolute atomic E-state index is 0. The zero-order valence-electron chi connectivity index (χ0n) is 31.9. The molecule has 0 spiro atoms. The van der Waals surface area contributed by atoms with E-state index in [1.54, 1.807) is 0 Å². The first-order valence-corrected chi connectivity index (χ1v) is 20.8. The van der Waals surface area contributed by atoms with E-state index >= 15 is 0 Å². The van der Waals surface area contributed by atoms with E-state index in [1.807, 2.05) is 12.1 Å². The van der Waals surface area contributed by atoms with Gasteiger partial charge in [0.1, 0.15) is 0 Å². The molecule has 3 heteroatoms. The van der Waals surface area contributed by atoms with Gasteiger partial charge in [0.05, 0.1) is 22.8 Å². The van der Waals surface area contributed by atoms with Crippen LogP contribution in [0.25, 0.3) is 0 Å². The molecule has 0 aromatic heterocycles. The second-order valence-electron chi connectivity index (χ2n) is 14.2. The third-order valence-corrected chi connectivity index (χ3v) is 9.59. The molecule has 2 aromatic carbocycles. The molecule has 0 radical (unpaired) electrons. The van der Waals surface area contributed by atoms with Gasteiger partial charge in [0.15, 0.2) is 0 Å². The van der Waals surface area contributed by atoms with Gasteiger partial charge < -0.3 is 0 Å². The van der Waals surface area contributed by atoms with Crippen molar-refractivity contribution >= 4 is 22.8 Å². The van der Waals surface area contributed by atoms with Crippen molar-refractivity contribution < 1.29 is 16.5 Å². The van der Waals surface area contributed by atoms with Crippen LogP contribution in [0, 0.1) is 0 Å². The van der Waals surface area contributed by atoms with E-state index in [-0.39, 0.29) is 16.5 Å². The van der Waals surface area contributed by atoms with Crippen molar-refractivity contribution in [2.24, 2.45) is 9.98 Å². The molecule has 0 saturated heterocycles. The summed E-state index contributed by atoms with van der Waals surface area (Å²) in [5, 5.41) is 0. The summed E-state index contributed by atoms with van der Waals surface area (Å²) in [4.78, 5) is 10.1. The predicted octanol–water partition coefficient (Wildman–Crippen LogP) is 16.0. The SMILES string of the molecule is CCCCCCCCCCCCCCCCCCCCCCCCCCC=CC(=Nc1ccccc1)C(CCCC)=Nc1ccccc1.[Ni]. The Kier molecular flexibility index (Phi) is 31.7. The Morgan fingerprint density at radius 2 is 0.776 bits per heavy atom. The van der Waals surface area contributed by atoms with Crippen molar-refractivity contribution in [2.45, 2.75) is 194 Å². The third-order valence-electron chi connectivity index (χ3n) is 9.59. The van der Waals surface area contributed by atoms with E-state index < -0.39 is 0 Å². The van der Waals surface area contributed by atoms with Crippen LogP contribution in [0.15, 0.2) is 82.8 Å². The summed E-state index contributed by atoms with van der Waals surface area (Å²) in [7, 11) is 0. The van der Waals surface area contributed by atoms with E-state index in [4.69, 9.17) is 9.98 Å². The normalized spacial score (nSPS) is 12.1. The van der Waals surface area contributed by atoms with Crippen molar-refractivity contribution in [2.75, 3.05) is 0 Å². The number of rotatable bonds is 32. The molecule has 0 bridgehead atoms. The van der Waals surface area contributed by atoms with Gasteiger partial charge in [-0.1, -0.05) is 210 Å². The molecule has 0 N–H and O–H groups in total. The molecule has 0 aliphatic rings. The van der Waals surface area contributed by atoms with Crippen molar-refractivity contribution in [3.05, 3.63) is 72.8 Å². The monoisotopic (exact) mass is 713 g/mol. The summed E-state index contributed by atoms with van der Waals surface area (Å²) in [5.74, 6) is 0. The van der Waals surface area contributed by atoms with Crippen LogP contribution in [0.5, 0.6) is 0 Å².